The maximum atomic E-state index is 12.2. The van der Waals surface area contributed by atoms with Crippen molar-refractivity contribution in [2.24, 2.45) is 5.73 Å². The number of carbonyl (C=O) groups is 2. The van der Waals surface area contributed by atoms with E-state index in [1.165, 1.54) is 0 Å². The van der Waals surface area contributed by atoms with Crippen LogP contribution in [-0.2, 0) is 4.79 Å². The van der Waals surface area contributed by atoms with Gasteiger partial charge in [0.2, 0.25) is 5.91 Å². The van der Waals surface area contributed by atoms with E-state index in [0.717, 1.165) is 11.1 Å². The van der Waals surface area contributed by atoms with Crippen molar-refractivity contribution < 1.29 is 14.0 Å². The van der Waals surface area contributed by atoms with Crippen LogP contribution in [0.4, 0.5) is 5.69 Å². The maximum Gasteiger partial charge on any atom is 0.256 e. The Morgan fingerprint density at radius 1 is 1.12 bits per heavy atom. The number of carbonyl (C=O) groups excluding carboxylic acids is 2. The van der Waals surface area contributed by atoms with Gasteiger partial charge in [-0.15, -0.1) is 0 Å². The number of anilines is 1. The first kappa shape index (κ1) is 16.2. The largest absolute Gasteiger partial charge is 0.457 e. The van der Waals surface area contributed by atoms with Crippen LogP contribution in [0.3, 0.4) is 0 Å². The number of nitrogens with two attached hydrogens (primary N) is 1. The van der Waals surface area contributed by atoms with Gasteiger partial charge in [0.25, 0.3) is 5.91 Å². The van der Waals surface area contributed by atoms with E-state index in [2.05, 4.69) is 5.32 Å². The van der Waals surface area contributed by atoms with Crippen molar-refractivity contribution in [3.05, 3.63) is 76.5 Å². The minimum atomic E-state index is -0.503. The van der Waals surface area contributed by atoms with Gasteiger partial charge in [-0.25, -0.2) is 0 Å². The molecule has 3 aromatic rings. The fraction of sp³-hybridized carbons (Fsp3) is 0. The lowest BCUT2D eigenvalue weighted by molar-refractivity contribution is -0.110. The van der Waals surface area contributed by atoms with Crippen LogP contribution in [0.15, 0.2) is 59.0 Å². The third kappa shape index (κ3) is 2.89. The summed E-state index contributed by atoms with van der Waals surface area (Å²) in [5.41, 5.74) is 8.37. The van der Waals surface area contributed by atoms with E-state index in [0.29, 0.717) is 33.4 Å². The molecular weight excluding hydrogens is 352 g/mol. The molecule has 0 atom stereocenters. The van der Waals surface area contributed by atoms with Crippen molar-refractivity contribution in [1.82, 2.24) is 0 Å². The van der Waals surface area contributed by atoms with Crippen LogP contribution >= 0.6 is 11.6 Å². The fourth-order valence-corrected chi connectivity index (χ4v) is 3.03. The Kier molecular flexibility index (Phi) is 3.86. The molecular formula is C20H13ClN2O3. The van der Waals surface area contributed by atoms with Gasteiger partial charge in [0.15, 0.2) is 0 Å². The van der Waals surface area contributed by atoms with Gasteiger partial charge in [-0.05, 0) is 48.5 Å². The maximum absolute atomic E-state index is 12.2. The summed E-state index contributed by atoms with van der Waals surface area (Å²) in [5.74, 6) is 0.375. The fourth-order valence-electron chi connectivity index (χ4n) is 2.86. The van der Waals surface area contributed by atoms with Gasteiger partial charge in [-0.1, -0.05) is 23.7 Å². The lowest BCUT2D eigenvalue weighted by atomic mass is 10.1. The molecule has 0 saturated heterocycles. The van der Waals surface area contributed by atoms with Crippen LogP contribution < -0.4 is 11.1 Å². The quantitative estimate of drug-likeness (QED) is 0.683. The molecule has 2 heterocycles. The zero-order valence-corrected chi connectivity index (χ0v) is 14.2. The Bertz CT molecular complexity index is 1080. The molecule has 4 rings (SSSR count). The monoisotopic (exact) mass is 364 g/mol. The van der Waals surface area contributed by atoms with Gasteiger partial charge < -0.3 is 15.5 Å². The molecule has 2 aromatic carbocycles. The first-order chi connectivity index (χ1) is 12.5. The zero-order valence-electron chi connectivity index (χ0n) is 13.5. The molecule has 0 spiro atoms. The standard InChI is InChI=1S/C20H13ClN2O3/c21-13-4-6-17-15(9-13)16(20(25)23-17)10-14-5-7-18(26-14)11-2-1-3-12(8-11)19(22)24/h1-10H,(H2,22,24)(H,23,25). The topological polar surface area (TPSA) is 85.3 Å². The molecule has 0 bridgehead atoms. The lowest BCUT2D eigenvalue weighted by Crippen LogP contribution is -2.10. The van der Waals surface area contributed by atoms with Gasteiger partial charge >= 0.3 is 0 Å². The minimum absolute atomic E-state index is 0.212. The number of hydrogen-bond acceptors (Lipinski definition) is 3. The smallest absolute Gasteiger partial charge is 0.256 e. The average Bonchev–Trinajstić information content (AvgIpc) is 3.21. The lowest BCUT2D eigenvalue weighted by Gasteiger charge is -2.00. The van der Waals surface area contributed by atoms with Gasteiger partial charge in [0.1, 0.15) is 11.5 Å². The molecule has 6 heteroatoms. The molecule has 1 aromatic heterocycles. The molecule has 5 nitrogen and oxygen atoms in total. The van der Waals surface area contributed by atoms with Gasteiger partial charge in [-0.2, -0.15) is 0 Å². The summed E-state index contributed by atoms with van der Waals surface area (Å²) in [4.78, 5) is 23.6. The molecule has 26 heavy (non-hydrogen) atoms. The normalized spacial score (nSPS) is 14.3. The Morgan fingerprint density at radius 2 is 1.96 bits per heavy atom. The Labute approximate surface area is 154 Å². The van der Waals surface area contributed by atoms with Gasteiger partial charge in [-0.3, -0.25) is 9.59 Å². The second kappa shape index (κ2) is 6.20. The molecule has 0 unspecified atom stereocenters. The van der Waals surface area contributed by atoms with E-state index in [-0.39, 0.29) is 5.91 Å². The highest BCUT2D eigenvalue weighted by Gasteiger charge is 2.24. The number of nitrogens with one attached hydrogen (secondary N) is 1. The molecule has 0 fully saturated rings. The molecule has 0 saturated carbocycles. The van der Waals surface area contributed by atoms with E-state index in [4.69, 9.17) is 21.8 Å². The van der Waals surface area contributed by atoms with Crippen molar-refractivity contribution in [2.75, 3.05) is 5.32 Å². The van der Waals surface area contributed by atoms with Crippen molar-refractivity contribution in [3.63, 3.8) is 0 Å². The number of amides is 2. The highest BCUT2D eigenvalue weighted by molar-refractivity contribution is 6.36. The van der Waals surface area contributed by atoms with Crippen LogP contribution in [0.1, 0.15) is 21.7 Å². The number of fused-ring (bicyclic) bond motifs is 1. The number of benzene rings is 2. The summed E-state index contributed by atoms with van der Waals surface area (Å²) >= 11 is 6.04. The SMILES string of the molecule is NC(=O)c1cccc(-c2ccc(C=C3C(=O)Nc4ccc(Cl)cc43)o2)c1. The van der Waals surface area contributed by atoms with Crippen LogP contribution in [0.25, 0.3) is 23.0 Å². The summed E-state index contributed by atoms with van der Waals surface area (Å²) in [5, 5.41) is 3.34. The molecule has 0 radical (unpaired) electrons. The number of rotatable bonds is 3. The van der Waals surface area contributed by atoms with Crippen molar-refractivity contribution in [3.8, 4) is 11.3 Å². The van der Waals surface area contributed by atoms with Crippen LogP contribution in [0.5, 0.6) is 0 Å². The third-order valence-electron chi connectivity index (χ3n) is 4.11. The number of furan rings is 1. The third-order valence-corrected chi connectivity index (χ3v) is 4.34. The van der Waals surface area contributed by atoms with Crippen molar-refractivity contribution in [2.45, 2.75) is 0 Å². The second-order valence-corrected chi connectivity index (χ2v) is 6.29. The summed E-state index contributed by atoms with van der Waals surface area (Å²) in [6.45, 7) is 0. The minimum Gasteiger partial charge on any atom is -0.457 e. The molecule has 1 aliphatic rings. The van der Waals surface area contributed by atoms with Crippen LogP contribution in [-0.4, -0.2) is 11.8 Å². The zero-order chi connectivity index (χ0) is 18.3. The molecule has 0 aliphatic carbocycles. The first-order valence-electron chi connectivity index (χ1n) is 7.84. The number of halogens is 1. The summed E-state index contributed by atoms with van der Waals surface area (Å²) in [7, 11) is 0. The second-order valence-electron chi connectivity index (χ2n) is 5.85. The van der Waals surface area contributed by atoms with E-state index < -0.39 is 5.91 Å². The van der Waals surface area contributed by atoms with Crippen molar-refractivity contribution in [1.29, 1.82) is 0 Å². The predicted molar refractivity (Wildman–Crippen MR) is 101 cm³/mol. The predicted octanol–water partition coefficient (Wildman–Crippen LogP) is 4.19. The summed E-state index contributed by atoms with van der Waals surface area (Å²) < 4.78 is 5.82. The average molecular weight is 365 g/mol. The Balaban J connectivity index is 1.71. The molecule has 3 N–H and O–H groups in total. The summed E-state index contributed by atoms with van der Waals surface area (Å²) in [6.07, 6.45) is 1.67. The molecule has 128 valence electrons. The Morgan fingerprint density at radius 3 is 2.77 bits per heavy atom. The van der Waals surface area contributed by atoms with E-state index in [1.54, 1.807) is 54.6 Å². The van der Waals surface area contributed by atoms with Crippen LogP contribution in [0.2, 0.25) is 5.02 Å². The number of hydrogen-bond donors (Lipinski definition) is 2. The van der Waals surface area contributed by atoms with Crippen LogP contribution in [0, 0.1) is 0 Å². The van der Waals surface area contributed by atoms with E-state index >= 15 is 0 Å². The van der Waals surface area contributed by atoms with Gasteiger partial charge in [0, 0.05) is 27.4 Å². The van der Waals surface area contributed by atoms with Crippen molar-refractivity contribution >= 4 is 40.8 Å². The van der Waals surface area contributed by atoms with E-state index in [1.807, 2.05) is 6.07 Å². The molecule has 2 amide bonds. The first-order valence-corrected chi connectivity index (χ1v) is 8.22. The highest BCUT2D eigenvalue weighted by atomic mass is 35.5. The highest BCUT2D eigenvalue weighted by Crippen LogP contribution is 2.35. The number of primary amides is 1. The summed E-state index contributed by atoms with van der Waals surface area (Å²) in [6, 6.07) is 15.6. The Hall–Kier alpha value is -3.31. The molecule has 1 aliphatic heterocycles. The van der Waals surface area contributed by atoms with Gasteiger partial charge in [0.05, 0.1) is 5.57 Å². The van der Waals surface area contributed by atoms with E-state index in [9.17, 15) is 9.59 Å².